The molecule has 2 aliphatic rings. The van der Waals surface area contributed by atoms with Crippen LogP contribution in [0, 0.1) is 5.92 Å². The summed E-state index contributed by atoms with van der Waals surface area (Å²) in [6, 6.07) is 8.45. The Labute approximate surface area is 191 Å². The molecule has 1 unspecified atom stereocenters. The Balaban J connectivity index is 0.00000280. The van der Waals surface area contributed by atoms with Crippen molar-refractivity contribution in [2.75, 3.05) is 63.9 Å². The van der Waals surface area contributed by atoms with Gasteiger partial charge in [0.25, 0.3) is 0 Å². The standard InChI is InChI=1S/C20H32ClN5O.HI/c1-16(2)19(25-11-13-27-14-12-25)15-23-20(22)26-9-7-24(8-10-26)18-5-3-17(21)4-6-18;/h3-6,16,19H,7-15H2,1-2H3,(H2,22,23);1H. The number of aliphatic imine (C=N–C) groups is 1. The van der Waals surface area contributed by atoms with Crippen molar-refractivity contribution < 1.29 is 4.74 Å². The lowest BCUT2D eigenvalue weighted by Gasteiger charge is -2.38. The zero-order chi connectivity index (χ0) is 19.2. The number of benzene rings is 1. The number of nitrogens with zero attached hydrogens (tertiary/aromatic N) is 4. The van der Waals surface area contributed by atoms with E-state index in [0.717, 1.165) is 64.0 Å². The highest BCUT2D eigenvalue weighted by atomic mass is 127. The molecule has 0 aliphatic carbocycles. The van der Waals surface area contributed by atoms with E-state index in [1.807, 2.05) is 12.1 Å². The fourth-order valence-electron chi connectivity index (χ4n) is 3.79. The molecule has 1 aromatic carbocycles. The first-order valence-electron chi connectivity index (χ1n) is 9.92. The Kier molecular flexibility index (Phi) is 9.59. The fraction of sp³-hybridized carbons (Fsp3) is 0.650. The molecule has 0 aromatic heterocycles. The first kappa shape index (κ1) is 23.5. The van der Waals surface area contributed by atoms with E-state index >= 15 is 0 Å². The second kappa shape index (κ2) is 11.4. The molecule has 8 heteroatoms. The zero-order valence-corrected chi connectivity index (χ0v) is 20.0. The SMILES string of the molecule is CC(C)C(CN=C(N)N1CCN(c2ccc(Cl)cc2)CC1)N1CCOCC1.I. The maximum atomic E-state index is 6.33. The van der Waals surface area contributed by atoms with Crippen molar-refractivity contribution in [3.63, 3.8) is 0 Å². The van der Waals surface area contributed by atoms with Crippen molar-refractivity contribution in [1.29, 1.82) is 0 Å². The van der Waals surface area contributed by atoms with Gasteiger partial charge in [0.1, 0.15) is 0 Å². The van der Waals surface area contributed by atoms with Crippen molar-refractivity contribution in [1.82, 2.24) is 9.80 Å². The highest BCUT2D eigenvalue weighted by Gasteiger charge is 2.24. The van der Waals surface area contributed by atoms with Gasteiger partial charge in [-0.05, 0) is 30.2 Å². The Hall–Kier alpha value is -0.770. The third-order valence-electron chi connectivity index (χ3n) is 5.52. The summed E-state index contributed by atoms with van der Waals surface area (Å²) >= 11 is 5.98. The topological polar surface area (TPSA) is 57.3 Å². The van der Waals surface area contributed by atoms with Crippen LogP contribution in [0.5, 0.6) is 0 Å². The maximum absolute atomic E-state index is 6.33. The van der Waals surface area contributed by atoms with Crippen LogP contribution in [0.1, 0.15) is 13.8 Å². The van der Waals surface area contributed by atoms with E-state index in [9.17, 15) is 0 Å². The lowest BCUT2D eigenvalue weighted by Crippen LogP contribution is -2.52. The predicted molar refractivity (Wildman–Crippen MR) is 128 cm³/mol. The van der Waals surface area contributed by atoms with Gasteiger partial charge in [-0.15, -0.1) is 24.0 Å². The summed E-state index contributed by atoms with van der Waals surface area (Å²) in [6.07, 6.45) is 0. The van der Waals surface area contributed by atoms with Crippen LogP contribution in [0.15, 0.2) is 29.3 Å². The molecular formula is C20H33ClIN5O. The van der Waals surface area contributed by atoms with Gasteiger partial charge in [0, 0.05) is 56.0 Å². The molecule has 0 radical (unpaired) electrons. The van der Waals surface area contributed by atoms with E-state index in [-0.39, 0.29) is 24.0 Å². The van der Waals surface area contributed by atoms with Crippen LogP contribution in [0.25, 0.3) is 0 Å². The van der Waals surface area contributed by atoms with Crippen LogP contribution in [-0.4, -0.2) is 80.8 Å². The van der Waals surface area contributed by atoms with E-state index in [1.54, 1.807) is 0 Å². The van der Waals surface area contributed by atoms with Gasteiger partial charge in [0.05, 0.1) is 19.8 Å². The maximum Gasteiger partial charge on any atom is 0.191 e. The number of rotatable bonds is 5. The summed E-state index contributed by atoms with van der Waals surface area (Å²) in [5.74, 6) is 1.21. The lowest BCUT2D eigenvalue weighted by molar-refractivity contribution is 0.00864. The minimum absolute atomic E-state index is 0. The van der Waals surface area contributed by atoms with Crippen molar-refractivity contribution in [2.45, 2.75) is 19.9 Å². The third kappa shape index (κ3) is 6.37. The number of nitrogens with two attached hydrogens (primary N) is 1. The molecule has 28 heavy (non-hydrogen) atoms. The number of hydrogen-bond acceptors (Lipinski definition) is 4. The second-order valence-corrected chi connectivity index (χ2v) is 8.05. The van der Waals surface area contributed by atoms with Crippen LogP contribution in [-0.2, 0) is 4.74 Å². The minimum Gasteiger partial charge on any atom is -0.379 e. The Morgan fingerprint density at radius 2 is 1.68 bits per heavy atom. The first-order chi connectivity index (χ1) is 13.0. The number of morpholine rings is 1. The molecule has 1 atom stereocenters. The van der Waals surface area contributed by atoms with Gasteiger partial charge >= 0.3 is 0 Å². The largest absolute Gasteiger partial charge is 0.379 e. The Morgan fingerprint density at radius 3 is 2.25 bits per heavy atom. The summed E-state index contributed by atoms with van der Waals surface area (Å²) in [4.78, 5) is 11.8. The number of anilines is 1. The molecule has 2 heterocycles. The van der Waals surface area contributed by atoms with Crippen LogP contribution < -0.4 is 10.6 Å². The highest BCUT2D eigenvalue weighted by Crippen LogP contribution is 2.19. The first-order valence-corrected chi connectivity index (χ1v) is 10.3. The van der Waals surface area contributed by atoms with Gasteiger partial charge in [0.2, 0.25) is 0 Å². The minimum atomic E-state index is 0. The van der Waals surface area contributed by atoms with Gasteiger partial charge in [0.15, 0.2) is 5.96 Å². The number of piperazine rings is 1. The van der Waals surface area contributed by atoms with Crippen molar-refractivity contribution in [3.8, 4) is 0 Å². The monoisotopic (exact) mass is 521 g/mol. The van der Waals surface area contributed by atoms with Crippen LogP contribution >= 0.6 is 35.6 Å². The molecule has 0 saturated carbocycles. The molecule has 6 nitrogen and oxygen atoms in total. The molecule has 2 aliphatic heterocycles. The predicted octanol–water partition coefficient (Wildman–Crippen LogP) is 2.75. The summed E-state index contributed by atoms with van der Waals surface area (Å²) < 4.78 is 5.48. The quantitative estimate of drug-likeness (QED) is 0.367. The van der Waals surface area contributed by atoms with Gasteiger partial charge in [-0.25, -0.2) is 0 Å². The van der Waals surface area contributed by atoms with Crippen molar-refractivity contribution >= 4 is 47.2 Å². The molecule has 0 spiro atoms. The van der Waals surface area contributed by atoms with E-state index in [2.05, 4.69) is 40.7 Å². The molecule has 2 saturated heterocycles. The highest BCUT2D eigenvalue weighted by molar-refractivity contribution is 14.0. The number of guanidine groups is 1. The second-order valence-electron chi connectivity index (χ2n) is 7.61. The van der Waals surface area contributed by atoms with E-state index in [0.29, 0.717) is 17.9 Å². The molecule has 158 valence electrons. The van der Waals surface area contributed by atoms with Gasteiger partial charge < -0.3 is 20.3 Å². The molecule has 3 rings (SSSR count). The summed E-state index contributed by atoms with van der Waals surface area (Å²) in [7, 11) is 0. The molecule has 0 bridgehead atoms. The summed E-state index contributed by atoms with van der Waals surface area (Å²) in [5, 5.41) is 0.772. The summed E-state index contributed by atoms with van der Waals surface area (Å²) in [6.45, 7) is 12.5. The third-order valence-corrected chi connectivity index (χ3v) is 5.77. The Morgan fingerprint density at radius 1 is 1.07 bits per heavy atom. The Bertz CT molecular complexity index is 614. The van der Waals surface area contributed by atoms with Crippen molar-refractivity contribution in [2.24, 2.45) is 16.6 Å². The lowest BCUT2D eigenvalue weighted by atomic mass is 10.0. The number of halogens is 2. The number of ether oxygens (including phenoxy) is 1. The number of hydrogen-bond donors (Lipinski definition) is 1. The molecule has 2 N–H and O–H groups in total. The van der Waals surface area contributed by atoms with E-state index in [1.165, 1.54) is 5.69 Å². The van der Waals surface area contributed by atoms with Crippen molar-refractivity contribution in [3.05, 3.63) is 29.3 Å². The average Bonchev–Trinajstić information content (AvgIpc) is 2.69. The van der Waals surface area contributed by atoms with Crippen LogP contribution in [0.3, 0.4) is 0 Å². The smallest absolute Gasteiger partial charge is 0.191 e. The van der Waals surface area contributed by atoms with Crippen LogP contribution in [0.4, 0.5) is 5.69 Å². The van der Waals surface area contributed by atoms with Gasteiger partial charge in [-0.1, -0.05) is 25.4 Å². The average molecular weight is 522 g/mol. The fourth-order valence-corrected chi connectivity index (χ4v) is 3.92. The summed E-state index contributed by atoms with van der Waals surface area (Å²) in [5.41, 5.74) is 7.54. The van der Waals surface area contributed by atoms with Gasteiger partial charge in [-0.2, -0.15) is 0 Å². The zero-order valence-electron chi connectivity index (χ0n) is 16.9. The molecule has 2 fully saturated rings. The molecule has 0 amide bonds. The molecule has 1 aromatic rings. The van der Waals surface area contributed by atoms with E-state index in [4.69, 9.17) is 27.1 Å². The van der Waals surface area contributed by atoms with Crippen LogP contribution in [0.2, 0.25) is 5.02 Å². The molecular weight excluding hydrogens is 489 g/mol. The normalized spacial score (nSPS) is 20.2. The van der Waals surface area contributed by atoms with Gasteiger partial charge in [-0.3, -0.25) is 9.89 Å². The van der Waals surface area contributed by atoms with E-state index < -0.39 is 0 Å².